The van der Waals surface area contributed by atoms with E-state index in [-0.39, 0.29) is 18.0 Å². The van der Waals surface area contributed by atoms with E-state index in [1.54, 1.807) is 29.2 Å². The number of pyridine rings is 1. The van der Waals surface area contributed by atoms with Crippen LogP contribution in [0.15, 0.2) is 42.6 Å². The largest absolute Gasteiger partial charge is 0.386 e. The van der Waals surface area contributed by atoms with E-state index >= 15 is 0 Å². The van der Waals surface area contributed by atoms with Gasteiger partial charge in [-0.05, 0) is 18.2 Å². The fourth-order valence-corrected chi connectivity index (χ4v) is 1.95. The number of nitrogens with one attached hydrogen (secondary N) is 1. The highest BCUT2D eigenvalue weighted by Gasteiger charge is 2.14. The van der Waals surface area contributed by atoms with Crippen LogP contribution in [0.5, 0.6) is 0 Å². The lowest BCUT2D eigenvalue weighted by atomic mass is 10.1. The lowest BCUT2D eigenvalue weighted by Crippen LogP contribution is -2.29. The molecule has 0 unspecified atom stereocenters. The van der Waals surface area contributed by atoms with E-state index in [0.29, 0.717) is 11.4 Å². The van der Waals surface area contributed by atoms with Gasteiger partial charge in [-0.2, -0.15) is 0 Å². The summed E-state index contributed by atoms with van der Waals surface area (Å²) in [4.78, 5) is 18.0. The number of benzene rings is 1. The van der Waals surface area contributed by atoms with Crippen LogP contribution in [0.2, 0.25) is 0 Å². The molecule has 2 rings (SSSR count). The van der Waals surface area contributed by atoms with Gasteiger partial charge < -0.3 is 15.3 Å². The van der Waals surface area contributed by atoms with Gasteiger partial charge in [0, 0.05) is 38.0 Å². The number of aliphatic hydroxyl groups is 1. The predicted molar refractivity (Wildman–Crippen MR) is 82.3 cm³/mol. The zero-order chi connectivity index (χ0) is 16.1. The zero-order valence-corrected chi connectivity index (χ0v) is 12.5. The average Bonchev–Trinajstić information content (AvgIpc) is 2.52. The number of amides is 1. The molecule has 0 spiro atoms. The van der Waals surface area contributed by atoms with Gasteiger partial charge in [0.2, 0.25) is 0 Å². The van der Waals surface area contributed by atoms with Gasteiger partial charge in [-0.25, -0.2) is 9.37 Å². The molecule has 0 saturated carbocycles. The summed E-state index contributed by atoms with van der Waals surface area (Å²) in [5.41, 5.74) is 0.589. The minimum absolute atomic E-state index is 0.0701. The van der Waals surface area contributed by atoms with Gasteiger partial charge in [-0.3, -0.25) is 4.79 Å². The zero-order valence-electron chi connectivity index (χ0n) is 12.5. The Bertz CT molecular complexity index is 661. The first-order valence-corrected chi connectivity index (χ1v) is 6.83. The maximum Gasteiger partial charge on any atom is 0.251 e. The molecule has 0 aliphatic rings. The fourth-order valence-electron chi connectivity index (χ4n) is 1.95. The van der Waals surface area contributed by atoms with E-state index in [4.69, 9.17) is 0 Å². The highest BCUT2D eigenvalue weighted by atomic mass is 19.1. The summed E-state index contributed by atoms with van der Waals surface area (Å²) in [6.45, 7) is -0.0701. The summed E-state index contributed by atoms with van der Waals surface area (Å²) in [5, 5.41) is 12.6. The van der Waals surface area contributed by atoms with Crippen molar-refractivity contribution in [3.05, 3.63) is 59.5 Å². The highest BCUT2D eigenvalue weighted by Crippen LogP contribution is 2.16. The summed E-state index contributed by atoms with van der Waals surface area (Å²) >= 11 is 0. The van der Waals surface area contributed by atoms with E-state index < -0.39 is 11.9 Å². The molecule has 0 fully saturated rings. The maximum atomic E-state index is 13.5. The van der Waals surface area contributed by atoms with Crippen molar-refractivity contribution in [2.24, 2.45) is 0 Å². The van der Waals surface area contributed by atoms with Crippen molar-refractivity contribution < 1.29 is 14.3 Å². The number of carbonyl (C=O) groups is 1. The molecule has 22 heavy (non-hydrogen) atoms. The molecule has 1 amide bonds. The van der Waals surface area contributed by atoms with Crippen LogP contribution in [-0.2, 0) is 0 Å². The first-order valence-electron chi connectivity index (χ1n) is 6.83. The topological polar surface area (TPSA) is 65.5 Å². The second kappa shape index (κ2) is 7.00. The molecule has 116 valence electrons. The van der Waals surface area contributed by atoms with Crippen molar-refractivity contribution in [2.75, 3.05) is 25.5 Å². The Morgan fingerprint density at radius 1 is 1.36 bits per heavy atom. The highest BCUT2D eigenvalue weighted by molar-refractivity contribution is 5.94. The third kappa shape index (κ3) is 3.79. The van der Waals surface area contributed by atoms with E-state index in [1.807, 2.05) is 14.1 Å². The Balaban J connectivity index is 2.01. The molecule has 1 aromatic heterocycles. The predicted octanol–water partition coefficient (Wildman–Crippen LogP) is 1.75. The van der Waals surface area contributed by atoms with Gasteiger partial charge in [0.25, 0.3) is 5.91 Å². The summed E-state index contributed by atoms with van der Waals surface area (Å²) in [5.74, 6) is -0.189. The number of carbonyl (C=O) groups excluding carboxylic acids is 1. The second-order valence-electron chi connectivity index (χ2n) is 5.04. The monoisotopic (exact) mass is 303 g/mol. The molecule has 1 atom stereocenters. The molecule has 0 radical (unpaired) electrons. The Morgan fingerprint density at radius 3 is 2.77 bits per heavy atom. The Labute approximate surface area is 128 Å². The van der Waals surface area contributed by atoms with Gasteiger partial charge in [0.1, 0.15) is 11.6 Å². The number of aromatic nitrogens is 1. The number of halogens is 1. The number of hydrogen-bond acceptors (Lipinski definition) is 4. The van der Waals surface area contributed by atoms with Crippen LogP contribution < -0.4 is 10.2 Å². The Hall–Kier alpha value is -2.47. The van der Waals surface area contributed by atoms with Crippen molar-refractivity contribution in [1.29, 1.82) is 0 Å². The molecular weight excluding hydrogens is 285 g/mol. The van der Waals surface area contributed by atoms with E-state index in [0.717, 1.165) is 0 Å². The molecule has 0 aliphatic heterocycles. The quantitative estimate of drug-likeness (QED) is 0.883. The third-order valence-electron chi connectivity index (χ3n) is 3.19. The molecule has 1 heterocycles. The van der Waals surface area contributed by atoms with Crippen molar-refractivity contribution in [2.45, 2.75) is 6.10 Å². The van der Waals surface area contributed by atoms with Crippen LogP contribution in [0.4, 0.5) is 10.2 Å². The van der Waals surface area contributed by atoms with E-state index in [1.165, 1.54) is 18.3 Å². The molecule has 0 bridgehead atoms. The van der Waals surface area contributed by atoms with Gasteiger partial charge in [0.05, 0.1) is 6.10 Å². The molecule has 0 aliphatic carbocycles. The van der Waals surface area contributed by atoms with Crippen molar-refractivity contribution in [1.82, 2.24) is 10.3 Å². The summed E-state index contributed by atoms with van der Waals surface area (Å²) < 4.78 is 13.5. The molecular formula is C16H18FN3O2. The van der Waals surface area contributed by atoms with Crippen molar-refractivity contribution >= 4 is 11.7 Å². The van der Waals surface area contributed by atoms with Crippen LogP contribution >= 0.6 is 0 Å². The van der Waals surface area contributed by atoms with Crippen LogP contribution in [0.1, 0.15) is 22.0 Å². The average molecular weight is 303 g/mol. The van der Waals surface area contributed by atoms with E-state index in [2.05, 4.69) is 10.3 Å². The van der Waals surface area contributed by atoms with Crippen LogP contribution in [0, 0.1) is 5.82 Å². The number of anilines is 1. The molecule has 5 nitrogen and oxygen atoms in total. The van der Waals surface area contributed by atoms with Gasteiger partial charge in [0.15, 0.2) is 0 Å². The first-order chi connectivity index (χ1) is 10.5. The standard InChI is InChI=1S/C16H18FN3O2/c1-20(2)15-9-11(7-8-18-15)16(22)19-10-14(21)12-5-3-4-6-13(12)17/h3-9,14,21H,10H2,1-2H3,(H,19,22)/t14-/m1/s1. The first kappa shape index (κ1) is 15.9. The molecule has 2 aromatic rings. The normalized spacial score (nSPS) is 11.8. The van der Waals surface area contributed by atoms with Crippen LogP contribution in [0.25, 0.3) is 0 Å². The van der Waals surface area contributed by atoms with Gasteiger partial charge in [-0.15, -0.1) is 0 Å². The van der Waals surface area contributed by atoms with Crippen LogP contribution in [-0.4, -0.2) is 36.6 Å². The summed E-state index contributed by atoms with van der Waals surface area (Å²) in [6.07, 6.45) is 0.442. The second-order valence-corrected chi connectivity index (χ2v) is 5.04. The fraction of sp³-hybridized carbons (Fsp3) is 0.250. The van der Waals surface area contributed by atoms with E-state index in [9.17, 15) is 14.3 Å². The Morgan fingerprint density at radius 2 is 2.09 bits per heavy atom. The minimum atomic E-state index is -1.10. The number of rotatable bonds is 5. The number of aliphatic hydroxyl groups excluding tert-OH is 1. The lowest BCUT2D eigenvalue weighted by molar-refractivity contribution is 0.0914. The molecule has 6 heteroatoms. The van der Waals surface area contributed by atoms with Crippen molar-refractivity contribution in [3.8, 4) is 0 Å². The van der Waals surface area contributed by atoms with Gasteiger partial charge in [-0.1, -0.05) is 18.2 Å². The molecule has 2 N–H and O–H groups in total. The number of hydrogen-bond donors (Lipinski definition) is 2. The van der Waals surface area contributed by atoms with Crippen molar-refractivity contribution in [3.63, 3.8) is 0 Å². The molecule has 1 aromatic carbocycles. The number of nitrogens with zero attached hydrogens (tertiary/aromatic N) is 2. The van der Waals surface area contributed by atoms with Crippen LogP contribution in [0.3, 0.4) is 0 Å². The maximum absolute atomic E-state index is 13.5. The van der Waals surface area contributed by atoms with Gasteiger partial charge >= 0.3 is 0 Å². The Kier molecular flexibility index (Phi) is 5.06. The minimum Gasteiger partial charge on any atom is -0.386 e. The summed E-state index contributed by atoms with van der Waals surface area (Å²) in [7, 11) is 3.65. The smallest absolute Gasteiger partial charge is 0.251 e. The third-order valence-corrected chi connectivity index (χ3v) is 3.19. The summed E-state index contributed by atoms with van der Waals surface area (Å²) in [6, 6.07) is 9.16. The SMILES string of the molecule is CN(C)c1cc(C(=O)NC[C@@H](O)c2ccccc2F)ccn1. The lowest BCUT2D eigenvalue weighted by Gasteiger charge is -2.14. The molecule has 0 saturated heterocycles.